The van der Waals surface area contributed by atoms with Crippen LogP contribution in [0.3, 0.4) is 0 Å². The van der Waals surface area contributed by atoms with Crippen LogP contribution in [0.5, 0.6) is 5.75 Å². The third-order valence-electron chi connectivity index (χ3n) is 7.15. The second-order valence-corrected chi connectivity index (χ2v) is 12.3. The number of fused-ring (bicyclic) bond motifs is 3. The number of ether oxygens (including phenoxy) is 2. The zero-order valence-corrected chi connectivity index (χ0v) is 23.1. The highest BCUT2D eigenvalue weighted by Crippen LogP contribution is 2.40. The van der Waals surface area contributed by atoms with Gasteiger partial charge in [-0.25, -0.2) is 13.2 Å². The summed E-state index contributed by atoms with van der Waals surface area (Å²) in [5, 5.41) is 2.17. The number of amides is 1. The molecule has 2 aliphatic rings. The van der Waals surface area contributed by atoms with Crippen molar-refractivity contribution in [2.24, 2.45) is 0 Å². The third-order valence-corrected chi connectivity index (χ3v) is 9.55. The number of nitrogens with one attached hydrogen (secondary N) is 1. The summed E-state index contributed by atoms with van der Waals surface area (Å²) >= 11 is 12.3. The van der Waals surface area contributed by atoms with Crippen LogP contribution in [0.15, 0.2) is 71.6 Å². The van der Waals surface area contributed by atoms with Crippen LogP contribution in [0.1, 0.15) is 22.9 Å². The minimum Gasteiger partial charge on any atom is -0.410 e. The molecule has 1 fully saturated rings. The van der Waals surface area contributed by atoms with Gasteiger partial charge >= 0.3 is 6.09 Å². The Labute approximate surface area is 236 Å². The van der Waals surface area contributed by atoms with Crippen molar-refractivity contribution in [2.75, 3.05) is 32.8 Å². The number of carbonyl (C=O) groups is 1. The van der Waals surface area contributed by atoms with E-state index in [1.807, 2.05) is 18.2 Å². The molecule has 39 heavy (non-hydrogen) atoms. The van der Waals surface area contributed by atoms with E-state index in [2.05, 4.69) is 4.98 Å². The van der Waals surface area contributed by atoms with Crippen LogP contribution in [0, 0.1) is 0 Å². The Hall–Kier alpha value is -3.08. The molecule has 0 radical (unpaired) electrons. The van der Waals surface area contributed by atoms with Gasteiger partial charge in [-0.3, -0.25) is 4.90 Å². The summed E-state index contributed by atoms with van der Waals surface area (Å²) in [5.74, 6) is 0.379. The van der Waals surface area contributed by atoms with E-state index in [1.54, 1.807) is 53.4 Å². The van der Waals surface area contributed by atoms with Gasteiger partial charge in [0.15, 0.2) is 0 Å². The Morgan fingerprint density at radius 1 is 0.923 bits per heavy atom. The van der Waals surface area contributed by atoms with Crippen LogP contribution in [0.2, 0.25) is 10.0 Å². The van der Waals surface area contributed by atoms with Crippen molar-refractivity contribution in [3.8, 4) is 5.75 Å². The topological polar surface area (TPSA) is 91.9 Å². The first-order chi connectivity index (χ1) is 18.8. The Balaban J connectivity index is 1.38. The van der Waals surface area contributed by atoms with Crippen molar-refractivity contribution in [3.63, 3.8) is 0 Å². The van der Waals surface area contributed by atoms with Crippen molar-refractivity contribution in [1.29, 1.82) is 0 Å². The van der Waals surface area contributed by atoms with E-state index in [0.29, 0.717) is 55.1 Å². The van der Waals surface area contributed by atoms with Gasteiger partial charge in [0.1, 0.15) is 11.8 Å². The zero-order chi connectivity index (χ0) is 27.1. The highest BCUT2D eigenvalue weighted by molar-refractivity contribution is 7.89. The van der Waals surface area contributed by atoms with Gasteiger partial charge in [-0.2, -0.15) is 4.31 Å². The molecular formula is C28H25Cl2N3O5S. The average molecular weight is 586 g/mol. The fraction of sp³-hybridized carbons (Fsp3) is 0.250. The van der Waals surface area contributed by atoms with Crippen LogP contribution >= 0.6 is 23.2 Å². The van der Waals surface area contributed by atoms with Gasteiger partial charge in [0.25, 0.3) is 0 Å². The number of hydrogen-bond donors (Lipinski definition) is 1. The molecule has 2 aliphatic heterocycles. The lowest BCUT2D eigenvalue weighted by molar-refractivity contribution is 0.0730. The molecule has 1 amide bonds. The van der Waals surface area contributed by atoms with E-state index in [1.165, 1.54) is 4.31 Å². The summed E-state index contributed by atoms with van der Waals surface area (Å²) < 4.78 is 38.8. The SMILES string of the molecule is O=C(Oc1ccc(Cl)cc1)N1CCc2c([nH]c3ccc(Cl)cc23)C1c1ccc(S(=O)(=O)N2CCOCC2)cc1. The molecule has 6 rings (SSSR count). The summed E-state index contributed by atoms with van der Waals surface area (Å²) in [7, 11) is -3.65. The first-order valence-electron chi connectivity index (χ1n) is 12.5. The van der Waals surface area contributed by atoms with Gasteiger partial charge in [0.05, 0.1) is 18.1 Å². The van der Waals surface area contributed by atoms with E-state index in [9.17, 15) is 13.2 Å². The lowest BCUT2D eigenvalue weighted by atomic mass is 9.93. The monoisotopic (exact) mass is 585 g/mol. The minimum absolute atomic E-state index is 0.197. The molecule has 202 valence electrons. The lowest BCUT2D eigenvalue weighted by Crippen LogP contribution is -2.42. The molecule has 1 atom stereocenters. The molecule has 1 unspecified atom stereocenters. The van der Waals surface area contributed by atoms with Crippen LogP contribution in [0.25, 0.3) is 10.9 Å². The largest absolute Gasteiger partial charge is 0.416 e. The highest BCUT2D eigenvalue weighted by Gasteiger charge is 2.36. The molecule has 0 aliphatic carbocycles. The number of H-pyrrole nitrogens is 1. The van der Waals surface area contributed by atoms with Crippen LogP contribution in [-0.4, -0.2) is 61.5 Å². The molecule has 4 aromatic rings. The fourth-order valence-corrected chi connectivity index (χ4v) is 6.93. The number of morpholine rings is 1. The summed E-state index contributed by atoms with van der Waals surface area (Å²) in [6.45, 7) is 1.78. The molecule has 11 heteroatoms. The molecule has 3 heterocycles. The highest BCUT2D eigenvalue weighted by atomic mass is 35.5. The molecule has 3 aromatic carbocycles. The fourth-order valence-electron chi connectivity index (χ4n) is 5.22. The Morgan fingerprint density at radius 2 is 1.62 bits per heavy atom. The quantitative estimate of drug-likeness (QED) is 0.334. The van der Waals surface area contributed by atoms with Crippen LogP contribution in [-0.2, 0) is 21.2 Å². The molecule has 1 saturated heterocycles. The van der Waals surface area contributed by atoms with E-state index in [4.69, 9.17) is 32.7 Å². The maximum absolute atomic E-state index is 13.5. The van der Waals surface area contributed by atoms with Gasteiger partial charge in [-0.1, -0.05) is 35.3 Å². The molecule has 0 bridgehead atoms. The van der Waals surface area contributed by atoms with Gasteiger partial charge in [-0.15, -0.1) is 0 Å². The predicted molar refractivity (Wildman–Crippen MR) is 149 cm³/mol. The normalized spacial score (nSPS) is 18.2. The molecule has 8 nitrogen and oxygen atoms in total. The summed E-state index contributed by atoms with van der Waals surface area (Å²) in [6.07, 6.45) is 0.0837. The molecule has 0 saturated carbocycles. The van der Waals surface area contributed by atoms with Crippen molar-refractivity contribution in [3.05, 3.63) is 93.6 Å². The number of hydrogen-bond acceptors (Lipinski definition) is 5. The predicted octanol–water partition coefficient (Wildman–Crippen LogP) is 5.64. The molecule has 1 N–H and O–H groups in total. The number of aromatic amines is 1. The summed E-state index contributed by atoms with van der Waals surface area (Å²) in [4.78, 5) is 18.8. The second-order valence-electron chi connectivity index (χ2n) is 9.46. The Morgan fingerprint density at radius 3 is 2.33 bits per heavy atom. The molecule has 1 aromatic heterocycles. The van der Waals surface area contributed by atoms with E-state index in [-0.39, 0.29) is 4.90 Å². The number of carbonyl (C=O) groups excluding carboxylic acids is 1. The van der Waals surface area contributed by atoms with Crippen molar-refractivity contribution in [1.82, 2.24) is 14.2 Å². The van der Waals surface area contributed by atoms with E-state index < -0.39 is 22.2 Å². The van der Waals surface area contributed by atoms with Gasteiger partial charge in [-0.05, 0) is 72.1 Å². The first kappa shape index (κ1) is 26.2. The third kappa shape index (κ3) is 5.01. The summed E-state index contributed by atoms with van der Waals surface area (Å²) in [5.41, 5.74) is 3.57. The standard InChI is InChI=1S/C28H25Cl2N3O5S/c29-19-3-6-21(7-4-19)38-28(34)33-12-11-23-24-17-20(30)5-10-25(24)31-26(23)27(33)18-1-8-22(9-2-18)39(35,36)32-13-15-37-16-14-32/h1-10,17,27,31H,11-16H2. The number of sulfonamides is 1. The van der Waals surface area contributed by atoms with Gasteiger partial charge < -0.3 is 14.5 Å². The average Bonchev–Trinajstić information content (AvgIpc) is 3.32. The van der Waals surface area contributed by atoms with E-state index in [0.717, 1.165) is 27.7 Å². The van der Waals surface area contributed by atoms with Crippen molar-refractivity contribution >= 4 is 50.2 Å². The van der Waals surface area contributed by atoms with Crippen LogP contribution < -0.4 is 4.74 Å². The number of benzene rings is 3. The maximum Gasteiger partial charge on any atom is 0.416 e. The van der Waals surface area contributed by atoms with Gasteiger partial charge in [0, 0.05) is 46.3 Å². The Kier molecular flexibility index (Phi) is 7.03. The Bertz CT molecular complexity index is 1630. The zero-order valence-electron chi connectivity index (χ0n) is 20.8. The lowest BCUT2D eigenvalue weighted by Gasteiger charge is -2.35. The maximum atomic E-state index is 13.5. The number of nitrogens with zero attached hydrogens (tertiary/aromatic N) is 2. The number of halogens is 2. The smallest absolute Gasteiger partial charge is 0.410 e. The van der Waals surface area contributed by atoms with Crippen LogP contribution in [0.4, 0.5) is 4.79 Å². The number of rotatable bonds is 4. The number of aromatic nitrogens is 1. The van der Waals surface area contributed by atoms with Crippen molar-refractivity contribution in [2.45, 2.75) is 17.4 Å². The molecule has 0 spiro atoms. The van der Waals surface area contributed by atoms with Crippen molar-refractivity contribution < 1.29 is 22.7 Å². The van der Waals surface area contributed by atoms with Gasteiger partial charge in [0.2, 0.25) is 10.0 Å². The summed E-state index contributed by atoms with van der Waals surface area (Å²) in [6, 6.07) is 18.4. The van der Waals surface area contributed by atoms with E-state index >= 15 is 0 Å². The molecular weight excluding hydrogens is 561 g/mol. The second kappa shape index (κ2) is 10.5. The first-order valence-corrected chi connectivity index (χ1v) is 14.7. The minimum atomic E-state index is -3.65.